The molecule has 0 spiro atoms. The second-order valence-electron chi connectivity index (χ2n) is 3.90. The number of rotatable bonds is 7. The topological polar surface area (TPSA) is 23.5 Å². The Balaban J connectivity index is 0.00000289. The SMILES string of the molecule is CCN(CC)CC(O)CSc1ccc(Br)cc1.Cl. The fourth-order valence-electron chi connectivity index (χ4n) is 1.56. The average Bonchev–Trinajstić information content (AvgIpc) is 2.35. The van der Waals surface area contributed by atoms with Gasteiger partial charge in [-0.15, -0.1) is 24.2 Å². The van der Waals surface area contributed by atoms with Crippen LogP contribution in [0.3, 0.4) is 0 Å². The Morgan fingerprint density at radius 3 is 2.28 bits per heavy atom. The standard InChI is InChI=1S/C13H20BrNOS.ClH/c1-3-15(4-2)9-12(16)10-17-13-7-5-11(14)6-8-13;/h5-8,12,16H,3-4,9-10H2,1-2H3;1H. The van der Waals surface area contributed by atoms with Gasteiger partial charge in [0.15, 0.2) is 0 Å². The van der Waals surface area contributed by atoms with E-state index in [1.54, 1.807) is 11.8 Å². The van der Waals surface area contributed by atoms with E-state index >= 15 is 0 Å². The van der Waals surface area contributed by atoms with E-state index < -0.39 is 0 Å². The van der Waals surface area contributed by atoms with Crippen molar-refractivity contribution in [1.82, 2.24) is 4.90 Å². The molecule has 0 aliphatic rings. The summed E-state index contributed by atoms with van der Waals surface area (Å²) in [6.07, 6.45) is -0.261. The third-order valence-corrected chi connectivity index (χ3v) is 4.31. The predicted molar refractivity (Wildman–Crippen MR) is 85.9 cm³/mol. The Labute approximate surface area is 129 Å². The number of hydrogen-bond donors (Lipinski definition) is 1. The minimum Gasteiger partial charge on any atom is -0.391 e. The number of aliphatic hydroxyl groups excluding tert-OH is 1. The largest absolute Gasteiger partial charge is 0.391 e. The molecule has 1 N–H and O–H groups in total. The molecule has 0 saturated carbocycles. The van der Waals surface area contributed by atoms with Crippen molar-refractivity contribution in [2.45, 2.75) is 24.8 Å². The molecule has 2 nitrogen and oxygen atoms in total. The summed E-state index contributed by atoms with van der Waals surface area (Å²) in [5.41, 5.74) is 0. The molecule has 0 aliphatic heterocycles. The number of likely N-dealkylation sites (N-methyl/N-ethyl adjacent to an activating group) is 1. The van der Waals surface area contributed by atoms with Crippen molar-refractivity contribution >= 4 is 40.1 Å². The summed E-state index contributed by atoms with van der Waals surface area (Å²) in [4.78, 5) is 3.44. The van der Waals surface area contributed by atoms with Crippen molar-refractivity contribution in [3.05, 3.63) is 28.7 Å². The molecule has 1 unspecified atom stereocenters. The lowest BCUT2D eigenvalue weighted by Gasteiger charge is -2.21. The van der Waals surface area contributed by atoms with Gasteiger partial charge in [0.2, 0.25) is 0 Å². The van der Waals surface area contributed by atoms with Crippen molar-refractivity contribution in [2.75, 3.05) is 25.4 Å². The quantitative estimate of drug-likeness (QED) is 0.756. The van der Waals surface area contributed by atoms with Crippen molar-refractivity contribution in [1.29, 1.82) is 0 Å². The first-order chi connectivity index (χ1) is 8.15. The Morgan fingerprint density at radius 2 is 1.78 bits per heavy atom. The van der Waals surface area contributed by atoms with E-state index in [1.165, 1.54) is 4.90 Å². The maximum atomic E-state index is 9.93. The average molecular weight is 355 g/mol. The maximum Gasteiger partial charge on any atom is 0.0760 e. The van der Waals surface area contributed by atoms with Gasteiger partial charge in [0.05, 0.1) is 6.10 Å². The number of benzene rings is 1. The van der Waals surface area contributed by atoms with Crippen LogP contribution in [0.15, 0.2) is 33.6 Å². The molecular weight excluding hydrogens is 334 g/mol. The molecule has 0 aromatic heterocycles. The van der Waals surface area contributed by atoms with Gasteiger partial charge in [-0.2, -0.15) is 0 Å². The number of nitrogens with zero attached hydrogens (tertiary/aromatic N) is 1. The van der Waals surface area contributed by atoms with Gasteiger partial charge in [-0.1, -0.05) is 29.8 Å². The minimum atomic E-state index is -0.261. The first kappa shape index (κ1) is 18.3. The van der Waals surface area contributed by atoms with E-state index in [-0.39, 0.29) is 18.5 Å². The molecule has 5 heteroatoms. The molecule has 0 heterocycles. The van der Waals surface area contributed by atoms with Crippen molar-refractivity contribution in [3.8, 4) is 0 Å². The minimum absolute atomic E-state index is 0. The van der Waals surface area contributed by atoms with Crippen LogP contribution in [0, 0.1) is 0 Å². The van der Waals surface area contributed by atoms with E-state index in [9.17, 15) is 5.11 Å². The fourth-order valence-corrected chi connectivity index (χ4v) is 2.64. The molecule has 0 saturated heterocycles. The molecule has 1 rings (SSSR count). The third kappa shape index (κ3) is 7.00. The van der Waals surface area contributed by atoms with Gasteiger partial charge in [0, 0.05) is 21.7 Å². The molecule has 0 aliphatic carbocycles. The highest BCUT2D eigenvalue weighted by atomic mass is 79.9. The van der Waals surface area contributed by atoms with Gasteiger partial charge in [-0.25, -0.2) is 0 Å². The van der Waals surface area contributed by atoms with Crippen LogP contribution < -0.4 is 0 Å². The fraction of sp³-hybridized carbons (Fsp3) is 0.538. The highest BCUT2D eigenvalue weighted by Crippen LogP contribution is 2.21. The lowest BCUT2D eigenvalue weighted by Crippen LogP contribution is -2.33. The van der Waals surface area contributed by atoms with E-state index in [0.29, 0.717) is 0 Å². The van der Waals surface area contributed by atoms with Crippen molar-refractivity contribution in [3.63, 3.8) is 0 Å². The van der Waals surface area contributed by atoms with Crippen molar-refractivity contribution < 1.29 is 5.11 Å². The zero-order chi connectivity index (χ0) is 12.7. The van der Waals surface area contributed by atoms with E-state index in [2.05, 4.69) is 46.8 Å². The number of hydrogen-bond acceptors (Lipinski definition) is 3. The van der Waals surface area contributed by atoms with Crippen LogP contribution in [-0.2, 0) is 0 Å². The summed E-state index contributed by atoms with van der Waals surface area (Å²) in [7, 11) is 0. The lowest BCUT2D eigenvalue weighted by molar-refractivity contribution is 0.137. The van der Waals surface area contributed by atoms with Gasteiger partial charge in [0.25, 0.3) is 0 Å². The van der Waals surface area contributed by atoms with Crippen LogP contribution in [0.1, 0.15) is 13.8 Å². The maximum absolute atomic E-state index is 9.93. The smallest absolute Gasteiger partial charge is 0.0760 e. The van der Waals surface area contributed by atoms with Gasteiger partial charge < -0.3 is 10.0 Å². The normalized spacial score (nSPS) is 12.3. The van der Waals surface area contributed by atoms with E-state index in [4.69, 9.17) is 0 Å². The van der Waals surface area contributed by atoms with E-state index in [1.807, 2.05) is 12.1 Å². The monoisotopic (exact) mass is 353 g/mol. The molecule has 1 atom stereocenters. The summed E-state index contributed by atoms with van der Waals surface area (Å²) in [6, 6.07) is 8.19. The highest BCUT2D eigenvalue weighted by Gasteiger charge is 2.09. The molecule has 0 amide bonds. The molecule has 18 heavy (non-hydrogen) atoms. The number of thioether (sulfide) groups is 1. The molecular formula is C13H21BrClNOS. The summed E-state index contributed by atoms with van der Waals surface area (Å²) >= 11 is 5.11. The first-order valence-electron chi connectivity index (χ1n) is 5.94. The second kappa shape index (κ2) is 10.1. The molecule has 104 valence electrons. The second-order valence-corrected chi connectivity index (χ2v) is 5.91. The summed E-state index contributed by atoms with van der Waals surface area (Å²) < 4.78 is 1.09. The molecule has 0 fully saturated rings. The van der Waals surface area contributed by atoms with Gasteiger partial charge in [-0.3, -0.25) is 0 Å². The van der Waals surface area contributed by atoms with Crippen LogP contribution in [0.25, 0.3) is 0 Å². The highest BCUT2D eigenvalue weighted by molar-refractivity contribution is 9.10. The van der Waals surface area contributed by atoms with Crippen LogP contribution in [0.5, 0.6) is 0 Å². The molecule has 0 radical (unpaired) electrons. The van der Waals surface area contributed by atoms with Crippen LogP contribution in [-0.4, -0.2) is 41.5 Å². The zero-order valence-corrected chi connectivity index (χ0v) is 14.0. The zero-order valence-electron chi connectivity index (χ0n) is 10.8. The Hall–Kier alpha value is 0.260. The van der Waals surface area contributed by atoms with Crippen LogP contribution in [0.2, 0.25) is 0 Å². The molecule has 0 bridgehead atoms. The predicted octanol–water partition coefficient (Wildman–Crippen LogP) is 3.67. The first-order valence-corrected chi connectivity index (χ1v) is 7.72. The summed E-state index contributed by atoms with van der Waals surface area (Å²) in [5.74, 6) is 0.748. The van der Waals surface area contributed by atoms with Gasteiger partial charge in [-0.05, 0) is 37.4 Å². The third-order valence-electron chi connectivity index (χ3n) is 2.62. The van der Waals surface area contributed by atoms with E-state index in [0.717, 1.165) is 29.9 Å². The van der Waals surface area contributed by atoms with Crippen LogP contribution >= 0.6 is 40.1 Å². The number of halogens is 2. The Kier molecular flexibility index (Phi) is 10.2. The Morgan fingerprint density at radius 1 is 1.22 bits per heavy atom. The van der Waals surface area contributed by atoms with Gasteiger partial charge in [0.1, 0.15) is 0 Å². The van der Waals surface area contributed by atoms with Crippen molar-refractivity contribution in [2.24, 2.45) is 0 Å². The Bertz CT molecular complexity index is 319. The number of aliphatic hydroxyl groups is 1. The summed E-state index contributed by atoms with van der Waals surface area (Å²) in [6.45, 7) is 7.00. The van der Waals surface area contributed by atoms with Gasteiger partial charge >= 0.3 is 0 Å². The molecule has 1 aromatic rings. The molecule has 1 aromatic carbocycles. The van der Waals surface area contributed by atoms with Crippen LogP contribution in [0.4, 0.5) is 0 Å². The summed E-state index contributed by atoms with van der Waals surface area (Å²) in [5, 5.41) is 9.93. The lowest BCUT2D eigenvalue weighted by atomic mass is 10.3.